The molecule has 0 N–H and O–H groups in total. The number of nitrogens with zero attached hydrogens (tertiary/aromatic N) is 7. The van der Waals surface area contributed by atoms with Crippen molar-refractivity contribution < 1.29 is 0 Å². The van der Waals surface area contributed by atoms with E-state index in [1.54, 1.807) is 18.2 Å². The Balaban J connectivity index is 1.49. The summed E-state index contributed by atoms with van der Waals surface area (Å²) in [5, 5.41) is 31.8. The molecule has 0 unspecified atom stereocenters. The molecule has 8 rings (SSSR count). The van der Waals surface area contributed by atoms with Crippen molar-refractivity contribution in [1.82, 2.24) is 19.1 Å². The van der Waals surface area contributed by atoms with Gasteiger partial charge in [-0.15, -0.1) is 0 Å². The third-order valence-corrected chi connectivity index (χ3v) is 8.31. The van der Waals surface area contributed by atoms with E-state index in [4.69, 9.17) is 9.97 Å². The van der Waals surface area contributed by atoms with Crippen LogP contribution in [0.1, 0.15) is 34.4 Å². The molecule has 0 radical (unpaired) electrons. The smallest absolute Gasteiger partial charge is 0.146 e. The minimum atomic E-state index is 0.541. The van der Waals surface area contributed by atoms with Crippen LogP contribution in [0.25, 0.3) is 61.7 Å². The summed E-state index contributed by atoms with van der Waals surface area (Å²) in [4.78, 5) is 10.1. The summed E-state index contributed by atoms with van der Waals surface area (Å²) in [5.74, 6) is 1.39. The number of hydrogen-bond acceptors (Lipinski definition) is 5. The molecule has 7 nitrogen and oxygen atoms in total. The average Bonchev–Trinajstić information content (AvgIpc) is 3.60. The van der Waals surface area contributed by atoms with Crippen molar-refractivity contribution in [2.75, 3.05) is 0 Å². The second-order valence-corrected chi connectivity index (χ2v) is 10.8. The summed E-state index contributed by atoms with van der Waals surface area (Å²) in [6.45, 7) is 0. The second-order valence-electron chi connectivity index (χ2n) is 10.8. The lowest BCUT2D eigenvalue weighted by atomic mass is 10.0. The van der Waals surface area contributed by atoms with Crippen LogP contribution < -0.4 is 0 Å². The van der Waals surface area contributed by atoms with Crippen LogP contribution in [0.5, 0.6) is 0 Å². The van der Waals surface area contributed by atoms with E-state index in [1.165, 1.54) is 0 Å². The van der Waals surface area contributed by atoms with Gasteiger partial charge in [-0.1, -0.05) is 24.3 Å². The van der Waals surface area contributed by atoms with Gasteiger partial charge in [-0.05, 0) is 96.8 Å². The summed E-state index contributed by atoms with van der Waals surface area (Å²) in [6, 6.07) is 33.7. The maximum absolute atomic E-state index is 9.67. The van der Waals surface area contributed by atoms with Gasteiger partial charge in [0.15, 0.2) is 0 Å². The van der Waals surface area contributed by atoms with E-state index in [1.807, 2.05) is 60.8 Å². The number of aromatic nitrogens is 4. The third kappa shape index (κ3) is 3.80. The Hall–Kier alpha value is -6.49. The molecule has 4 aromatic heterocycles. The Morgan fingerprint density at radius 3 is 2.02 bits per heavy atom. The van der Waals surface area contributed by atoms with Gasteiger partial charge in [0.2, 0.25) is 0 Å². The molecule has 0 saturated carbocycles. The largest absolute Gasteiger partial charge is 0.294 e. The first-order chi connectivity index (χ1) is 21.7. The Morgan fingerprint density at radius 1 is 0.636 bits per heavy atom. The molecule has 0 fully saturated rings. The van der Waals surface area contributed by atoms with Crippen LogP contribution in [-0.2, 0) is 6.42 Å². The normalized spacial score (nSPS) is 12.2. The summed E-state index contributed by atoms with van der Waals surface area (Å²) in [7, 11) is 0. The maximum Gasteiger partial charge on any atom is 0.146 e. The van der Waals surface area contributed by atoms with Crippen LogP contribution in [-0.4, -0.2) is 19.1 Å². The standard InChI is InChI=1S/C37H21N7/c38-20-23-5-3-6-26(15-23)27-18-35(42-36(19-27)44-32-9-2-1-7-28(32)29-8-4-14-41-37(29)44)43-33-12-10-24(21-39)16-30(33)31-17-25(22-40)11-13-34(31)43/h1,3-8,10-19H,2,9H2. The van der Waals surface area contributed by atoms with Gasteiger partial charge < -0.3 is 0 Å². The van der Waals surface area contributed by atoms with E-state index >= 15 is 0 Å². The molecule has 1 aliphatic rings. The lowest BCUT2D eigenvalue weighted by molar-refractivity contribution is 0.860. The molecule has 44 heavy (non-hydrogen) atoms. The van der Waals surface area contributed by atoms with Gasteiger partial charge in [0, 0.05) is 33.6 Å². The summed E-state index contributed by atoms with van der Waals surface area (Å²) in [6.07, 6.45) is 7.96. The van der Waals surface area contributed by atoms with Crippen LogP contribution in [0.4, 0.5) is 0 Å². The molecule has 0 amide bonds. The number of hydrogen-bond donors (Lipinski definition) is 0. The molecule has 3 aromatic carbocycles. The SMILES string of the molecule is N#Cc1cccc(-c2cc(-n3c4c(c5cccnc53)C=CCC4)nc(-n3c4ccc(C#N)cc4c4cc(C#N)ccc43)c2)c1. The van der Waals surface area contributed by atoms with Gasteiger partial charge in [-0.3, -0.25) is 9.13 Å². The highest BCUT2D eigenvalue weighted by atomic mass is 15.2. The molecule has 7 aromatic rings. The Kier molecular flexibility index (Phi) is 5.63. The van der Waals surface area contributed by atoms with Crippen LogP contribution in [0.2, 0.25) is 0 Å². The fraction of sp³-hybridized carbons (Fsp3) is 0.0541. The number of allylic oxidation sites excluding steroid dienone is 1. The van der Waals surface area contributed by atoms with E-state index < -0.39 is 0 Å². The van der Waals surface area contributed by atoms with Crippen LogP contribution >= 0.6 is 0 Å². The number of rotatable bonds is 3. The molecule has 0 spiro atoms. The van der Waals surface area contributed by atoms with Crippen molar-refractivity contribution in [1.29, 1.82) is 15.8 Å². The Labute approximate surface area is 252 Å². The highest BCUT2D eigenvalue weighted by Gasteiger charge is 2.22. The molecule has 1 aliphatic carbocycles. The fourth-order valence-electron chi connectivity index (χ4n) is 6.36. The quantitative estimate of drug-likeness (QED) is 0.218. The van der Waals surface area contributed by atoms with Gasteiger partial charge in [-0.25, -0.2) is 9.97 Å². The average molecular weight is 564 g/mol. The Morgan fingerprint density at radius 2 is 1.32 bits per heavy atom. The van der Waals surface area contributed by atoms with Gasteiger partial charge in [0.1, 0.15) is 17.3 Å². The van der Waals surface area contributed by atoms with E-state index in [0.29, 0.717) is 22.5 Å². The predicted octanol–water partition coefficient (Wildman–Crippen LogP) is 7.76. The summed E-state index contributed by atoms with van der Waals surface area (Å²) >= 11 is 0. The first-order valence-electron chi connectivity index (χ1n) is 14.2. The summed E-state index contributed by atoms with van der Waals surface area (Å²) in [5.41, 5.74) is 8.34. The topological polar surface area (TPSA) is 107 Å². The minimum absolute atomic E-state index is 0.541. The molecule has 0 saturated heterocycles. The van der Waals surface area contributed by atoms with Crippen molar-refractivity contribution in [3.8, 4) is 41.0 Å². The number of fused-ring (bicyclic) bond motifs is 6. The number of pyridine rings is 2. The lowest BCUT2D eigenvalue weighted by Crippen LogP contribution is -2.08. The van der Waals surface area contributed by atoms with Crippen molar-refractivity contribution >= 4 is 38.9 Å². The van der Waals surface area contributed by atoms with Gasteiger partial charge in [0.25, 0.3) is 0 Å². The highest BCUT2D eigenvalue weighted by Crippen LogP contribution is 2.37. The molecule has 7 heteroatoms. The fourth-order valence-corrected chi connectivity index (χ4v) is 6.36. The molecule has 0 aliphatic heterocycles. The molecule has 0 bridgehead atoms. The van der Waals surface area contributed by atoms with E-state index in [9.17, 15) is 15.8 Å². The monoisotopic (exact) mass is 563 g/mol. The molecular formula is C37H21N7. The van der Waals surface area contributed by atoms with Crippen molar-refractivity contribution in [2.24, 2.45) is 0 Å². The van der Waals surface area contributed by atoms with Crippen LogP contribution in [0.15, 0.2) is 97.2 Å². The molecular weight excluding hydrogens is 542 g/mol. The Bertz CT molecular complexity index is 2420. The molecule has 4 heterocycles. The zero-order valence-electron chi connectivity index (χ0n) is 23.4. The predicted molar refractivity (Wildman–Crippen MR) is 170 cm³/mol. The van der Waals surface area contributed by atoms with Gasteiger partial charge >= 0.3 is 0 Å². The number of benzene rings is 3. The molecule has 204 valence electrons. The highest BCUT2D eigenvalue weighted by molar-refractivity contribution is 6.10. The van der Waals surface area contributed by atoms with Gasteiger partial charge in [0.05, 0.1) is 45.9 Å². The second kappa shape index (κ2) is 9.81. The summed E-state index contributed by atoms with van der Waals surface area (Å²) < 4.78 is 4.24. The van der Waals surface area contributed by atoms with Gasteiger partial charge in [-0.2, -0.15) is 15.8 Å². The van der Waals surface area contributed by atoms with Crippen molar-refractivity contribution in [3.05, 3.63) is 125 Å². The van der Waals surface area contributed by atoms with E-state index in [0.717, 1.165) is 73.9 Å². The zero-order valence-corrected chi connectivity index (χ0v) is 23.4. The molecule has 0 atom stereocenters. The maximum atomic E-state index is 9.67. The third-order valence-electron chi connectivity index (χ3n) is 8.31. The first-order valence-corrected chi connectivity index (χ1v) is 14.2. The van der Waals surface area contributed by atoms with Crippen LogP contribution in [0.3, 0.4) is 0 Å². The van der Waals surface area contributed by atoms with E-state index in [-0.39, 0.29) is 0 Å². The number of nitriles is 3. The van der Waals surface area contributed by atoms with Crippen molar-refractivity contribution in [2.45, 2.75) is 12.8 Å². The minimum Gasteiger partial charge on any atom is -0.294 e. The lowest BCUT2D eigenvalue weighted by Gasteiger charge is -2.16. The van der Waals surface area contributed by atoms with Crippen molar-refractivity contribution in [3.63, 3.8) is 0 Å². The van der Waals surface area contributed by atoms with Crippen LogP contribution in [0, 0.1) is 34.0 Å². The van der Waals surface area contributed by atoms with E-state index in [2.05, 4.69) is 51.6 Å². The zero-order chi connectivity index (χ0) is 29.8. The first kappa shape index (κ1) is 25.2.